The number of rotatable bonds is 7. The van der Waals surface area contributed by atoms with Crippen LogP contribution in [0.4, 0.5) is 0 Å². The summed E-state index contributed by atoms with van der Waals surface area (Å²) < 4.78 is 26.4. The number of nitrogens with one attached hydrogen (secondary N) is 2. The Morgan fingerprint density at radius 2 is 2.00 bits per heavy atom. The van der Waals surface area contributed by atoms with Crippen molar-refractivity contribution in [3.05, 3.63) is 29.8 Å². The number of benzene rings is 1. The molecule has 1 atom stereocenters. The van der Waals surface area contributed by atoms with E-state index in [1.54, 1.807) is 26.2 Å². The van der Waals surface area contributed by atoms with Crippen molar-refractivity contribution in [3.8, 4) is 0 Å². The maximum Gasteiger partial charge on any atom is 0.243 e. The highest BCUT2D eigenvalue weighted by Gasteiger charge is 2.22. The molecule has 1 heterocycles. The maximum atomic E-state index is 12.5. The monoisotopic (exact) mass is 398 g/mol. The van der Waals surface area contributed by atoms with Crippen molar-refractivity contribution >= 4 is 27.7 Å². The van der Waals surface area contributed by atoms with Crippen LogP contribution in [-0.2, 0) is 16.6 Å². The Hall–Kier alpha value is -1.25. The summed E-state index contributed by atoms with van der Waals surface area (Å²) in [5.74, 6) is 2.02. The molecule has 0 bridgehead atoms. The average molecular weight is 399 g/mol. The van der Waals surface area contributed by atoms with Crippen LogP contribution in [0.5, 0.6) is 0 Å². The summed E-state index contributed by atoms with van der Waals surface area (Å²) in [6, 6.07) is 6.93. The van der Waals surface area contributed by atoms with E-state index in [9.17, 15) is 8.42 Å². The number of nitrogens with zero attached hydrogens (tertiary/aromatic N) is 2. The molecule has 1 aliphatic rings. The van der Waals surface area contributed by atoms with Crippen molar-refractivity contribution in [3.63, 3.8) is 0 Å². The molecule has 1 saturated heterocycles. The Kier molecular flexibility index (Phi) is 7.79. The Morgan fingerprint density at radius 1 is 1.31 bits per heavy atom. The molecule has 2 N–H and O–H groups in total. The molecular formula is C18H30N4O2S2. The number of aliphatic imine (C=N–C) groups is 1. The number of thioether (sulfide) groups is 1. The molecule has 1 unspecified atom stereocenters. The minimum atomic E-state index is -3.43. The number of hydrogen-bond donors (Lipinski definition) is 2. The fraction of sp³-hybridized carbons (Fsp3) is 0.611. The smallest absolute Gasteiger partial charge is 0.243 e. The highest BCUT2D eigenvalue weighted by atomic mass is 32.2. The summed E-state index contributed by atoms with van der Waals surface area (Å²) in [6.45, 7) is 5.23. The molecule has 1 fully saturated rings. The van der Waals surface area contributed by atoms with E-state index >= 15 is 0 Å². The van der Waals surface area contributed by atoms with Crippen LogP contribution >= 0.6 is 11.8 Å². The highest BCUT2D eigenvalue weighted by molar-refractivity contribution is 8.00. The zero-order chi connectivity index (χ0) is 19.2. The molecule has 2 rings (SSSR count). The lowest BCUT2D eigenvalue weighted by Crippen LogP contribution is -2.39. The lowest BCUT2D eigenvalue weighted by molar-refractivity contribution is 0.410. The molecule has 146 valence electrons. The minimum Gasteiger partial charge on any atom is -0.355 e. The number of hydrogen-bond acceptors (Lipinski definition) is 4. The third-order valence-electron chi connectivity index (χ3n) is 4.53. The van der Waals surface area contributed by atoms with Gasteiger partial charge in [0.25, 0.3) is 0 Å². The molecule has 1 aromatic carbocycles. The second kappa shape index (κ2) is 9.62. The van der Waals surface area contributed by atoms with Crippen molar-refractivity contribution in [2.75, 3.05) is 26.4 Å². The zero-order valence-corrected chi connectivity index (χ0v) is 17.7. The molecular weight excluding hydrogens is 368 g/mol. The van der Waals surface area contributed by atoms with Gasteiger partial charge in [0.1, 0.15) is 0 Å². The summed E-state index contributed by atoms with van der Waals surface area (Å²) in [7, 11) is -0.0711. The van der Waals surface area contributed by atoms with Crippen molar-refractivity contribution in [1.82, 2.24) is 14.9 Å². The van der Waals surface area contributed by atoms with E-state index in [1.807, 2.05) is 37.7 Å². The van der Waals surface area contributed by atoms with Crippen molar-refractivity contribution < 1.29 is 8.42 Å². The van der Waals surface area contributed by atoms with E-state index < -0.39 is 10.0 Å². The quantitative estimate of drug-likeness (QED) is 0.544. The first kappa shape index (κ1) is 21.1. The molecule has 0 spiro atoms. The van der Waals surface area contributed by atoms with Gasteiger partial charge in [0.05, 0.1) is 4.90 Å². The summed E-state index contributed by atoms with van der Waals surface area (Å²) in [4.78, 5) is 4.56. The summed E-state index contributed by atoms with van der Waals surface area (Å²) in [6.07, 6.45) is 2.56. The first-order valence-electron chi connectivity index (χ1n) is 8.97. The van der Waals surface area contributed by atoms with Gasteiger partial charge in [-0.2, -0.15) is 16.1 Å². The van der Waals surface area contributed by atoms with Crippen LogP contribution in [0, 0.1) is 0 Å². The Bertz CT molecular complexity index is 696. The van der Waals surface area contributed by atoms with Gasteiger partial charge in [-0.3, -0.25) is 4.99 Å². The minimum absolute atomic E-state index is 0.0752. The van der Waals surface area contributed by atoms with Gasteiger partial charge >= 0.3 is 0 Å². The standard InChI is InChI=1S/C18H30N4O2S2/c1-14(2)22(4)26(23,24)17-9-7-15(8-10-17)12-20-18(19-3)21-13-16-6-5-11-25-16/h7-10,14,16H,5-6,11-13H2,1-4H3,(H2,19,20,21). The number of sulfonamides is 1. The lowest BCUT2D eigenvalue weighted by Gasteiger charge is -2.21. The van der Waals surface area contributed by atoms with Gasteiger partial charge in [0, 0.05) is 38.5 Å². The molecule has 8 heteroatoms. The largest absolute Gasteiger partial charge is 0.355 e. The van der Waals surface area contributed by atoms with Gasteiger partial charge in [-0.25, -0.2) is 8.42 Å². The summed E-state index contributed by atoms with van der Waals surface area (Å²) in [5, 5.41) is 7.30. The molecule has 6 nitrogen and oxygen atoms in total. The predicted octanol–water partition coefficient (Wildman–Crippen LogP) is 2.28. The average Bonchev–Trinajstić information content (AvgIpc) is 3.15. The van der Waals surface area contributed by atoms with Gasteiger partial charge in [0.15, 0.2) is 5.96 Å². The van der Waals surface area contributed by atoms with E-state index in [0.29, 0.717) is 16.7 Å². The summed E-state index contributed by atoms with van der Waals surface area (Å²) in [5.41, 5.74) is 1.01. The Morgan fingerprint density at radius 3 is 2.54 bits per heavy atom. The molecule has 0 radical (unpaired) electrons. The zero-order valence-electron chi connectivity index (χ0n) is 16.0. The first-order chi connectivity index (χ1) is 12.3. The summed E-state index contributed by atoms with van der Waals surface area (Å²) >= 11 is 2.01. The fourth-order valence-corrected chi connectivity index (χ4v) is 5.21. The second-order valence-corrected chi connectivity index (χ2v) is 10.1. The van der Waals surface area contributed by atoms with Crippen molar-refractivity contribution in [2.45, 2.75) is 49.4 Å². The molecule has 0 amide bonds. The van der Waals surface area contributed by atoms with Gasteiger partial charge in [-0.15, -0.1) is 0 Å². The van der Waals surface area contributed by atoms with Crippen molar-refractivity contribution in [1.29, 1.82) is 0 Å². The van der Waals surface area contributed by atoms with E-state index in [2.05, 4.69) is 15.6 Å². The van der Waals surface area contributed by atoms with Crippen LogP contribution in [-0.4, -0.2) is 56.4 Å². The molecule has 0 saturated carbocycles. The predicted molar refractivity (Wildman–Crippen MR) is 110 cm³/mol. The van der Waals surface area contributed by atoms with Gasteiger partial charge in [0.2, 0.25) is 10.0 Å². The van der Waals surface area contributed by atoms with Crippen LogP contribution in [0.3, 0.4) is 0 Å². The lowest BCUT2D eigenvalue weighted by atomic mass is 10.2. The fourth-order valence-electron chi connectivity index (χ4n) is 2.65. The second-order valence-electron chi connectivity index (χ2n) is 6.70. The van der Waals surface area contributed by atoms with Gasteiger partial charge in [-0.1, -0.05) is 12.1 Å². The van der Waals surface area contributed by atoms with Crippen LogP contribution < -0.4 is 10.6 Å². The van der Waals surface area contributed by atoms with E-state index in [4.69, 9.17) is 0 Å². The molecule has 1 aliphatic heterocycles. The third-order valence-corrected chi connectivity index (χ3v) is 7.98. The van der Waals surface area contributed by atoms with Crippen molar-refractivity contribution in [2.24, 2.45) is 4.99 Å². The first-order valence-corrected chi connectivity index (χ1v) is 11.5. The van der Waals surface area contributed by atoms with Crippen LogP contribution in [0.2, 0.25) is 0 Å². The Labute approximate surface area is 161 Å². The highest BCUT2D eigenvalue weighted by Crippen LogP contribution is 2.25. The SMILES string of the molecule is CN=C(NCc1ccc(S(=O)(=O)N(C)C(C)C)cc1)NCC1CCCS1. The maximum absolute atomic E-state index is 12.5. The van der Waals surface area contributed by atoms with E-state index in [1.165, 1.54) is 22.9 Å². The van der Waals surface area contributed by atoms with E-state index in [-0.39, 0.29) is 6.04 Å². The molecule has 26 heavy (non-hydrogen) atoms. The van der Waals surface area contributed by atoms with Gasteiger partial charge in [-0.05, 0) is 50.1 Å². The Balaban J connectivity index is 1.90. The topological polar surface area (TPSA) is 73.8 Å². The van der Waals surface area contributed by atoms with E-state index in [0.717, 1.165) is 18.1 Å². The van der Waals surface area contributed by atoms with Gasteiger partial charge < -0.3 is 10.6 Å². The molecule has 1 aromatic rings. The normalized spacial score (nSPS) is 18.5. The van der Waals surface area contributed by atoms with Crippen LogP contribution in [0.1, 0.15) is 32.3 Å². The van der Waals surface area contributed by atoms with Crippen LogP contribution in [0.15, 0.2) is 34.2 Å². The molecule has 0 aromatic heterocycles. The molecule has 0 aliphatic carbocycles. The third kappa shape index (κ3) is 5.62. The number of guanidine groups is 1. The van der Waals surface area contributed by atoms with Crippen LogP contribution in [0.25, 0.3) is 0 Å².